The molecule has 0 fully saturated rings. The van der Waals surface area contributed by atoms with Gasteiger partial charge in [0.25, 0.3) is 11.6 Å². The summed E-state index contributed by atoms with van der Waals surface area (Å²) in [6.45, 7) is 3.44. The third-order valence-corrected chi connectivity index (χ3v) is 6.57. The van der Waals surface area contributed by atoms with Gasteiger partial charge in [0, 0.05) is 30.4 Å². The molecule has 13 heteroatoms. The van der Waals surface area contributed by atoms with Crippen molar-refractivity contribution >= 4 is 58.2 Å². The van der Waals surface area contributed by atoms with Gasteiger partial charge in [0.2, 0.25) is 5.91 Å². The Morgan fingerprint density at radius 3 is 2.56 bits per heavy atom. The summed E-state index contributed by atoms with van der Waals surface area (Å²) in [5, 5.41) is 25.8. The number of nitrogens with one attached hydrogen (secondary N) is 2. The molecule has 0 aliphatic carbocycles. The Morgan fingerprint density at radius 1 is 1.18 bits per heavy atom. The van der Waals surface area contributed by atoms with Crippen molar-refractivity contribution in [1.82, 2.24) is 20.1 Å². The van der Waals surface area contributed by atoms with Crippen LogP contribution in [0.3, 0.4) is 0 Å². The molecule has 34 heavy (non-hydrogen) atoms. The van der Waals surface area contributed by atoms with E-state index in [1.54, 1.807) is 37.6 Å². The molecular weight excluding hydrogens is 503 g/mol. The number of carbonyl (C=O) groups is 2. The number of non-ortho nitro benzene ring substituents is 1. The predicted octanol–water partition coefficient (Wildman–Crippen LogP) is 4.56. The molecule has 0 spiro atoms. The summed E-state index contributed by atoms with van der Waals surface area (Å²) in [4.78, 5) is 35.2. The van der Waals surface area contributed by atoms with Crippen LogP contribution in [0.4, 0.5) is 11.4 Å². The van der Waals surface area contributed by atoms with E-state index in [0.29, 0.717) is 32.8 Å². The first-order chi connectivity index (χ1) is 16.1. The molecule has 1 atom stereocenters. The standard InChI is InChI=1S/C21H20Cl2N6O4S/c1-11-8-14(29(32)33)5-7-17(11)25-18(30)10-34-21-27-26-19(28(21)3)12(2)24-20(31)13-4-6-15(22)16(23)9-13/h4-9,12H,10H2,1-3H3,(H,24,31)(H,25,30)/t12-/m0/s1. The van der Waals surface area contributed by atoms with E-state index in [9.17, 15) is 19.7 Å². The second kappa shape index (κ2) is 10.9. The number of benzene rings is 2. The molecule has 0 unspecified atom stereocenters. The summed E-state index contributed by atoms with van der Waals surface area (Å²) in [5.74, 6) is -0.0945. The predicted molar refractivity (Wildman–Crippen MR) is 131 cm³/mol. The maximum Gasteiger partial charge on any atom is 0.269 e. The molecule has 10 nitrogen and oxygen atoms in total. The zero-order chi connectivity index (χ0) is 25.0. The van der Waals surface area contributed by atoms with E-state index >= 15 is 0 Å². The number of anilines is 1. The highest BCUT2D eigenvalue weighted by atomic mass is 35.5. The first-order valence-electron chi connectivity index (χ1n) is 9.89. The van der Waals surface area contributed by atoms with Gasteiger partial charge in [0.05, 0.1) is 26.8 Å². The van der Waals surface area contributed by atoms with E-state index in [2.05, 4.69) is 20.8 Å². The van der Waals surface area contributed by atoms with Crippen molar-refractivity contribution in [2.24, 2.45) is 7.05 Å². The van der Waals surface area contributed by atoms with Crippen molar-refractivity contribution in [2.75, 3.05) is 11.1 Å². The van der Waals surface area contributed by atoms with Crippen LogP contribution in [-0.4, -0.2) is 37.3 Å². The molecule has 0 bridgehead atoms. The van der Waals surface area contributed by atoms with Crippen LogP contribution in [0.2, 0.25) is 10.0 Å². The Balaban J connectivity index is 1.59. The third-order valence-electron chi connectivity index (χ3n) is 4.81. The van der Waals surface area contributed by atoms with Gasteiger partial charge >= 0.3 is 0 Å². The van der Waals surface area contributed by atoms with Gasteiger partial charge in [-0.1, -0.05) is 35.0 Å². The highest BCUT2D eigenvalue weighted by Gasteiger charge is 2.20. The van der Waals surface area contributed by atoms with Crippen LogP contribution in [-0.2, 0) is 11.8 Å². The minimum Gasteiger partial charge on any atom is -0.342 e. The fourth-order valence-corrected chi connectivity index (χ4v) is 4.05. The summed E-state index contributed by atoms with van der Waals surface area (Å²) in [5.41, 5.74) is 1.39. The number of aryl methyl sites for hydroxylation is 1. The van der Waals surface area contributed by atoms with E-state index < -0.39 is 11.0 Å². The third kappa shape index (κ3) is 6.04. The average Bonchev–Trinajstić information content (AvgIpc) is 3.15. The lowest BCUT2D eigenvalue weighted by Crippen LogP contribution is -2.28. The van der Waals surface area contributed by atoms with Gasteiger partial charge in [-0.25, -0.2) is 0 Å². The molecule has 1 aromatic heterocycles. The summed E-state index contributed by atoms with van der Waals surface area (Å²) < 4.78 is 1.69. The maximum atomic E-state index is 12.5. The van der Waals surface area contributed by atoms with Crippen LogP contribution in [0.5, 0.6) is 0 Å². The second-order valence-electron chi connectivity index (χ2n) is 7.32. The lowest BCUT2D eigenvalue weighted by Gasteiger charge is -2.14. The number of nitro benzene ring substituents is 1. The number of rotatable bonds is 8. The second-order valence-corrected chi connectivity index (χ2v) is 9.07. The topological polar surface area (TPSA) is 132 Å². The van der Waals surface area contributed by atoms with Gasteiger partial charge in [-0.05, 0) is 43.7 Å². The van der Waals surface area contributed by atoms with E-state index in [-0.39, 0.29) is 28.3 Å². The first-order valence-corrected chi connectivity index (χ1v) is 11.6. The monoisotopic (exact) mass is 522 g/mol. The Labute approximate surface area is 209 Å². The Kier molecular flexibility index (Phi) is 8.13. The largest absolute Gasteiger partial charge is 0.342 e. The fourth-order valence-electron chi connectivity index (χ4n) is 3.03. The molecule has 0 aliphatic rings. The first kappa shape index (κ1) is 25.5. The molecule has 1 heterocycles. The molecule has 3 aromatic rings. The maximum absolute atomic E-state index is 12.5. The summed E-state index contributed by atoms with van der Waals surface area (Å²) >= 11 is 13.0. The molecule has 0 radical (unpaired) electrons. The average molecular weight is 523 g/mol. The number of hydrogen-bond acceptors (Lipinski definition) is 7. The summed E-state index contributed by atoms with van der Waals surface area (Å²) in [7, 11) is 1.73. The van der Waals surface area contributed by atoms with Crippen molar-refractivity contribution in [3.63, 3.8) is 0 Å². The molecule has 0 saturated heterocycles. The van der Waals surface area contributed by atoms with E-state index in [1.807, 2.05) is 0 Å². The zero-order valence-corrected chi connectivity index (χ0v) is 20.7. The van der Waals surface area contributed by atoms with Crippen LogP contribution >= 0.6 is 35.0 Å². The number of halogens is 2. The van der Waals surface area contributed by atoms with Crippen molar-refractivity contribution in [3.8, 4) is 0 Å². The molecule has 0 saturated carbocycles. The molecule has 2 amide bonds. The Bertz CT molecular complexity index is 1270. The van der Waals surface area contributed by atoms with E-state index in [0.717, 1.165) is 0 Å². The summed E-state index contributed by atoms with van der Waals surface area (Å²) in [6, 6.07) is 8.35. The molecule has 2 N–H and O–H groups in total. The van der Waals surface area contributed by atoms with Crippen LogP contribution in [0, 0.1) is 17.0 Å². The SMILES string of the molecule is Cc1cc([N+](=O)[O-])ccc1NC(=O)CSc1nnc([C@H](C)NC(=O)c2ccc(Cl)c(Cl)c2)n1C. The van der Waals surface area contributed by atoms with Gasteiger partial charge in [-0.15, -0.1) is 10.2 Å². The van der Waals surface area contributed by atoms with Crippen molar-refractivity contribution < 1.29 is 14.5 Å². The quantitative estimate of drug-likeness (QED) is 0.251. The normalized spacial score (nSPS) is 11.7. The van der Waals surface area contributed by atoms with Crippen molar-refractivity contribution in [3.05, 3.63) is 73.5 Å². The number of nitro groups is 1. The highest BCUT2D eigenvalue weighted by molar-refractivity contribution is 7.99. The van der Waals surface area contributed by atoms with E-state index in [1.165, 1.54) is 36.0 Å². The van der Waals surface area contributed by atoms with E-state index in [4.69, 9.17) is 23.2 Å². The van der Waals surface area contributed by atoms with Crippen LogP contribution in [0.1, 0.15) is 34.7 Å². The van der Waals surface area contributed by atoms with Gasteiger partial charge in [0.1, 0.15) is 0 Å². The lowest BCUT2D eigenvalue weighted by atomic mass is 10.2. The number of thioether (sulfide) groups is 1. The number of nitrogens with zero attached hydrogens (tertiary/aromatic N) is 4. The van der Waals surface area contributed by atoms with Gasteiger partial charge in [0.15, 0.2) is 11.0 Å². The minimum absolute atomic E-state index is 0.0446. The smallest absolute Gasteiger partial charge is 0.269 e. The molecule has 0 aliphatic heterocycles. The number of hydrogen-bond donors (Lipinski definition) is 2. The van der Waals surface area contributed by atoms with Gasteiger partial charge in [-0.2, -0.15) is 0 Å². The Morgan fingerprint density at radius 2 is 1.91 bits per heavy atom. The molecule has 3 rings (SSSR count). The van der Waals surface area contributed by atoms with Crippen molar-refractivity contribution in [2.45, 2.75) is 25.0 Å². The number of carbonyl (C=O) groups excluding carboxylic acids is 2. The van der Waals surface area contributed by atoms with Crippen LogP contribution in [0.25, 0.3) is 0 Å². The van der Waals surface area contributed by atoms with Gasteiger partial charge < -0.3 is 15.2 Å². The van der Waals surface area contributed by atoms with Gasteiger partial charge in [-0.3, -0.25) is 19.7 Å². The zero-order valence-electron chi connectivity index (χ0n) is 18.3. The molecule has 178 valence electrons. The lowest BCUT2D eigenvalue weighted by molar-refractivity contribution is -0.384. The molecular formula is C21H20Cl2N6O4S. The van der Waals surface area contributed by atoms with Crippen LogP contribution < -0.4 is 10.6 Å². The van der Waals surface area contributed by atoms with Crippen molar-refractivity contribution in [1.29, 1.82) is 0 Å². The number of aromatic nitrogens is 3. The molecule has 2 aromatic carbocycles. The minimum atomic E-state index is -0.492. The highest BCUT2D eigenvalue weighted by Crippen LogP contribution is 2.24. The fraction of sp³-hybridized carbons (Fsp3) is 0.238. The number of amides is 2. The Hall–Kier alpha value is -3.15. The van der Waals surface area contributed by atoms with Crippen LogP contribution in [0.15, 0.2) is 41.6 Å². The summed E-state index contributed by atoms with van der Waals surface area (Å²) in [6.07, 6.45) is 0.